The van der Waals surface area contributed by atoms with Crippen molar-refractivity contribution in [2.45, 2.75) is 31.7 Å². The molecule has 0 amide bonds. The minimum absolute atomic E-state index is 0.267. The van der Waals surface area contributed by atoms with Crippen molar-refractivity contribution in [3.05, 3.63) is 28.8 Å². The number of nitrogens with one attached hydrogen (secondary N) is 1. The summed E-state index contributed by atoms with van der Waals surface area (Å²) in [5.74, 6) is 0.267. The Labute approximate surface area is 120 Å². The SMILES string of the molecule is Cc1cc(CN)cc(S(=O)(=O)NCC2CCOC2)c1C. The van der Waals surface area contributed by atoms with Gasteiger partial charge in [-0.05, 0) is 48.9 Å². The molecule has 20 heavy (non-hydrogen) atoms. The molecule has 1 saturated heterocycles. The van der Waals surface area contributed by atoms with Crippen molar-refractivity contribution in [2.75, 3.05) is 19.8 Å². The van der Waals surface area contributed by atoms with Gasteiger partial charge in [-0.25, -0.2) is 13.1 Å². The number of sulfonamides is 1. The van der Waals surface area contributed by atoms with E-state index < -0.39 is 10.0 Å². The van der Waals surface area contributed by atoms with Gasteiger partial charge in [0.25, 0.3) is 0 Å². The van der Waals surface area contributed by atoms with Crippen LogP contribution in [0.4, 0.5) is 0 Å². The van der Waals surface area contributed by atoms with Crippen LogP contribution in [0.25, 0.3) is 0 Å². The fraction of sp³-hybridized carbons (Fsp3) is 0.571. The molecule has 3 N–H and O–H groups in total. The van der Waals surface area contributed by atoms with Crippen LogP contribution in [0, 0.1) is 19.8 Å². The second-order valence-corrected chi connectivity index (χ2v) is 7.06. The molecule has 1 aliphatic rings. The second kappa shape index (κ2) is 6.22. The van der Waals surface area contributed by atoms with Gasteiger partial charge in [0.05, 0.1) is 11.5 Å². The van der Waals surface area contributed by atoms with Crippen LogP contribution in [0.2, 0.25) is 0 Å². The molecule has 1 unspecified atom stereocenters. The van der Waals surface area contributed by atoms with Gasteiger partial charge in [-0.15, -0.1) is 0 Å². The molecule has 1 aromatic rings. The first-order valence-corrected chi connectivity index (χ1v) is 8.30. The van der Waals surface area contributed by atoms with E-state index in [1.165, 1.54) is 0 Å². The Morgan fingerprint density at radius 3 is 2.75 bits per heavy atom. The van der Waals surface area contributed by atoms with Gasteiger partial charge >= 0.3 is 0 Å². The molecule has 0 spiro atoms. The Morgan fingerprint density at radius 1 is 1.40 bits per heavy atom. The van der Waals surface area contributed by atoms with Gasteiger partial charge in [0, 0.05) is 19.7 Å². The quantitative estimate of drug-likeness (QED) is 0.852. The zero-order valence-electron chi connectivity index (χ0n) is 12.0. The third kappa shape index (κ3) is 3.38. The van der Waals surface area contributed by atoms with Crippen molar-refractivity contribution in [1.82, 2.24) is 4.72 Å². The molecule has 6 heteroatoms. The van der Waals surface area contributed by atoms with Crippen molar-refractivity contribution in [1.29, 1.82) is 0 Å². The van der Waals surface area contributed by atoms with Crippen LogP contribution in [0.5, 0.6) is 0 Å². The first-order valence-electron chi connectivity index (χ1n) is 6.81. The fourth-order valence-electron chi connectivity index (χ4n) is 2.35. The van der Waals surface area contributed by atoms with Crippen molar-refractivity contribution < 1.29 is 13.2 Å². The summed E-state index contributed by atoms with van der Waals surface area (Å²) in [6.07, 6.45) is 0.906. The average Bonchev–Trinajstić information content (AvgIpc) is 2.92. The average molecular weight is 298 g/mol. The van der Waals surface area contributed by atoms with Crippen molar-refractivity contribution in [3.63, 3.8) is 0 Å². The van der Waals surface area contributed by atoms with Gasteiger partial charge in [0.2, 0.25) is 10.0 Å². The van der Waals surface area contributed by atoms with Crippen LogP contribution >= 0.6 is 0 Å². The number of rotatable bonds is 5. The lowest BCUT2D eigenvalue weighted by Gasteiger charge is -2.14. The third-order valence-corrected chi connectivity index (χ3v) is 5.34. The molecule has 5 nitrogen and oxygen atoms in total. The molecule has 0 saturated carbocycles. The van der Waals surface area contributed by atoms with Gasteiger partial charge in [-0.2, -0.15) is 0 Å². The molecule has 1 heterocycles. The highest BCUT2D eigenvalue weighted by Gasteiger charge is 2.22. The summed E-state index contributed by atoms with van der Waals surface area (Å²) in [7, 11) is -3.49. The lowest BCUT2D eigenvalue weighted by atomic mass is 10.1. The summed E-state index contributed by atoms with van der Waals surface area (Å²) in [6, 6.07) is 3.59. The standard InChI is InChI=1S/C14H22N2O3S/c1-10-5-13(7-15)6-14(11(10)2)20(17,18)16-8-12-3-4-19-9-12/h5-6,12,16H,3-4,7-9,15H2,1-2H3. The maximum atomic E-state index is 12.4. The van der Waals surface area contributed by atoms with E-state index in [0.29, 0.717) is 31.2 Å². The molecule has 1 atom stereocenters. The Balaban J connectivity index is 2.21. The molecular formula is C14H22N2O3S. The zero-order valence-corrected chi connectivity index (χ0v) is 12.8. The summed E-state index contributed by atoms with van der Waals surface area (Å²) in [4.78, 5) is 0.330. The summed E-state index contributed by atoms with van der Waals surface area (Å²) >= 11 is 0. The van der Waals surface area contributed by atoms with Crippen LogP contribution in [0.3, 0.4) is 0 Å². The van der Waals surface area contributed by atoms with Gasteiger partial charge in [0.1, 0.15) is 0 Å². The lowest BCUT2D eigenvalue weighted by Crippen LogP contribution is -2.30. The van der Waals surface area contributed by atoms with Crippen molar-refractivity contribution in [2.24, 2.45) is 11.7 Å². The Kier molecular flexibility index (Phi) is 4.80. The Morgan fingerprint density at radius 2 is 2.15 bits per heavy atom. The Hall–Kier alpha value is -0.950. The molecule has 0 aromatic heterocycles. The number of ether oxygens (including phenoxy) is 1. The highest BCUT2D eigenvalue weighted by atomic mass is 32.2. The predicted octanol–water partition coefficient (Wildman–Crippen LogP) is 1.08. The number of aryl methyl sites for hydroxylation is 1. The lowest BCUT2D eigenvalue weighted by molar-refractivity contribution is 0.186. The monoisotopic (exact) mass is 298 g/mol. The van der Waals surface area contributed by atoms with Gasteiger partial charge in [-0.1, -0.05) is 6.07 Å². The van der Waals surface area contributed by atoms with Crippen LogP contribution in [0.1, 0.15) is 23.1 Å². The van der Waals surface area contributed by atoms with E-state index in [1.54, 1.807) is 6.07 Å². The number of benzene rings is 1. The molecule has 0 bridgehead atoms. The molecule has 1 fully saturated rings. The van der Waals surface area contributed by atoms with Gasteiger partial charge in [-0.3, -0.25) is 0 Å². The van der Waals surface area contributed by atoms with E-state index in [-0.39, 0.29) is 5.92 Å². The Bertz CT molecular complexity index is 578. The molecule has 1 aromatic carbocycles. The molecule has 2 rings (SSSR count). The maximum Gasteiger partial charge on any atom is 0.240 e. The predicted molar refractivity (Wildman–Crippen MR) is 77.9 cm³/mol. The zero-order chi connectivity index (χ0) is 14.8. The van der Waals surface area contributed by atoms with Crippen LogP contribution in [-0.4, -0.2) is 28.2 Å². The first kappa shape index (κ1) is 15.4. The van der Waals surface area contributed by atoms with E-state index >= 15 is 0 Å². The highest BCUT2D eigenvalue weighted by Crippen LogP contribution is 2.21. The smallest absolute Gasteiger partial charge is 0.240 e. The minimum atomic E-state index is -3.49. The van der Waals surface area contributed by atoms with E-state index in [1.807, 2.05) is 19.9 Å². The first-order chi connectivity index (χ1) is 9.44. The summed E-state index contributed by atoms with van der Waals surface area (Å²) < 4.78 is 32.8. The number of hydrogen-bond donors (Lipinski definition) is 2. The number of nitrogens with two attached hydrogens (primary N) is 1. The molecule has 112 valence electrons. The normalized spacial score (nSPS) is 19.4. The van der Waals surface area contributed by atoms with E-state index in [2.05, 4.69) is 4.72 Å². The second-order valence-electron chi connectivity index (χ2n) is 5.32. The molecule has 1 aliphatic heterocycles. The number of hydrogen-bond acceptors (Lipinski definition) is 4. The highest BCUT2D eigenvalue weighted by molar-refractivity contribution is 7.89. The van der Waals surface area contributed by atoms with Crippen molar-refractivity contribution >= 4 is 10.0 Å². The fourth-order valence-corrected chi connectivity index (χ4v) is 3.83. The molecule has 0 aliphatic carbocycles. The maximum absolute atomic E-state index is 12.4. The van der Waals surface area contributed by atoms with Crippen LogP contribution < -0.4 is 10.5 Å². The summed E-state index contributed by atoms with van der Waals surface area (Å²) in [5, 5.41) is 0. The molecule has 0 radical (unpaired) electrons. The van der Waals surface area contributed by atoms with Crippen LogP contribution in [0.15, 0.2) is 17.0 Å². The van der Waals surface area contributed by atoms with Crippen LogP contribution in [-0.2, 0) is 21.3 Å². The third-order valence-electron chi connectivity index (χ3n) is 3.79. The van der Waals surface area contributed by atoms with Gasteiger partial charge < -0.3 is 10.5 Å². The van der Waals surface area contributed by atoms with E-state index in [0.717, 1.165) is 23.1 Å². The van der Waals surface area contributed by atoms with Gasteiger partial charge in [0.15, 0.2) is 0 Å². The van der Waals surface area contributed by atoms with E-state index in [4.69, 9.17) is 10.5 Å². The van der Waals surface area contributed by atoms with E-state index in [9.17, 15) is 8.42 Å². The summed E-state index contributed by atoms with van der Waals surface area (Å²) in [6.45, 7) is 5.82. The molecular weight excluding hydrogens is 276 g/mol. The summed E-state index contributed by atoms with van der Waals surface area (Å²) in [5.41, 5.74) is 8.17. The minimum Gasteiger partial charge on any atom is -0.381 e. The van der Waals surface area contributed by atoms with Crippen molar-refractivity contribution in [3.8, 4) is 0 Å². The topological polar surface area (TPSA) is 81.4 Å². The largest absolute Gasteiger partial charge is 0.381 e.